The van der Waals surface area contributed by atoms with Crippen molar-refractivity contribution >= 4 is 23.5 Å². The fourth-order valence-corrected chi connectivity index (χ4v) is 0.732. The first-order chi connectivity index (χ1) is 7.42. The maximum atomic E-state index is 12.1. The second-order valence-corrected chi connectivity index (χ2v) is 3.29. The molecule has 0 spiro atoms. The van der Waals surface area contributed by atoms with E-state index in [2.05, 4.69) is 17.3 Å². The molecule has 0 rings (SSSR count). The monoisotopic (exact) mass is 283 g/mol. The van der Waals surface area contributed by atoms with E-state index in [0.717, 1.165) is 0 Å². The Balaban J connectivity index is 4.88. The number of nitrogens with zero attached hydrogens (tertiary/aromatic N) is 1. The van der Waals surface area contributed by atoms with E-state index in [-0.39, 0.29) is 6.21 Å². The van der Waals surface area contributed by atoms with Crippen molar-refractivity contribution in [3.8, 4) is 0 Å². The van der Waals surface area contributed by atoms with Crippen molar-refractivity contribution in [1.29, 1.82) is 0 Å². The molecule has 0 aliphatic rings. The predicted molar refractivity (Wildman–Crippen MR) is 50.1 cm³/mol. The molecule has 0 radical (unpaired) electrons. The van der Waals surface area contributed by atoms with Crippen LogP contribution in [0.2, 0.25) is 0 Å². The van der Waals surface area contributed by atoms with Crippen molar-refractivity contribution in [2.75, 3.05) is 0 Å². The second-order valence-electron chi connectivity index (χ2n) is 2.85. The highest BCUT2D eigenvalue weighted by Gasteiger charge is 2.69. The highest BCUT2D eigenvalue weighted by molar-refractivity contribution is 7.80. The van der Waals surface area contributed by atoms with Gasteiger partial charge >= 0.3 is 12.4 Å². The van der Waals surface area contributed by atoms with Gasteiger partial charge in [0.15, 0.2) is 5.11 Å². The van der Waals surface area contributed by atoms with Gasteiger partial charge in [-0.1, -0.05) is 0 Å². The van der Waals surface area contributed by atoms with Crippen molar-refractivity contribution in [3.63, 3.8) is 0 Å². The fourth-order valence-electron chi connectivity index (χ4n) is 0.679. The summed E-state index contributed by atoms with van der Waals surface area (Å²) in [6.45, 7) is 0. The number of hydrogen-bond donors (Lipinski definition) is 3. The Hall–Kier alpha value is -1.10. The van der Waals surface area contributed by atoms with Gasteiger partial charge in [-0.05, 0) is 12.2 Å². The molecule has 0 unspecified atom stereocenters. The van der Waals surface area contributed by atoms with Crippen molar-refractivity contribution in [3.05, 3.63) is 0 Å². The van der Waals surface area contributed by atoms with Crippen LogP contribution in [0.3, 0.4) is 0 Å². The molecule has 0 amide bonds. The van der Waals surface area contributed by atoms with Crippen molar-refractivity contribution in [1.82, 2.24) is 5.43 Å². The van der Waals surface area contributed by atoms with Crippen LogP contribution in [-0.2, 0) is 0 Å². The quantitative estimate of drug-likeness (QED) is 0.313. The van der Waals surface area contributed by atoms with Crippen LogP contribution in [-0.4, -0.2) is 34.4 Å². The molecular weight excluding hydrogens is 276 g/mol. The molecule has 100 valence electrons. The predicted octanol–water partition coefficient (Wildman–Crippen LogP) is 1.05. The number of hydrogen-bond acceptors (Lipinski definition) is 3. The molecule has 0 aliphatic heterocycles. The minimum atomic E-state index is -5.87. The number of thiocarbonyl (C=S) groups is 1. The lowest BCUT2D eigenvalue weighted by molar-refractivity contribution is -0.364. The highest BCUT2D eigenvalue weighted by Crippen LogP contribution is 2.44. The van der Waals surface area contributed by atoms with Crippen molar-refractivity contribution in [2.24, 2.45) is 10.8 Å². The molecule has 0 aromatic rings. The van der Waals surface area contributed by atoms with E-state index in [0.29, 0.717) is 0 Å². The number of halogens is 6. The summed E-state index contributed by atoms with van der Waals surface area (Å²) in [5, 5.41) is 11.1. The standard InChI is InChI=1S/C6H7F6N3OS/c7-5(8,9)4(16,6(10,11)12)1-2-14-15-3(13)17/h2,16H,1H2,(H3,13,15,17)/b14-2+. The second kappa shape index (κ2) is 5.04. The van der Waals surface area contributed by atoms with Gasteiger partial charge in [-0.15, -0.1) is 0 Å². The Morgan fingerprint density at radius 3 is 1.94 bits per heavy atom. The lowest BCUT2D eigenvalue weighted by Crippen LogP contribution is -2.57. The number of nitrogens with one attached hydrogen (secondary N) is 1. The summed E-state index contributed by atoms with van der Waals surface area (Å²) in [6, 6.07) is 0. The van der Waals surface area contributed by atoms with Crippen LogP contribution < -0.4 is 11.2 Å². The van der Waals surface area contributed by atoms with E-state index >= 15 is 0 Å². The molecule has 4 N–H and O–H groups in total. The van der Waals surface area contributed by atoms with Crippen LogP contribution >= 0.6 is 12.2 Å². The first-order valence-electron chi connectivity index (χ1n) is 3.84. The molecule has 0 aromatic carbocycles. The summed E-state index contributed by atoms with van der Waals surface area (Å²) >= 11 is 4.20. The van der Waals surface area contributed by atoms with Gasteiger partial charge in [0.05, 0.1) is 0 Å². The normalized spacial score (nSPS) is 14.1. The smallest absolute Gasteiger partial charge is 0.375 e. The van der Waals surface area contributed by atoms with Crippen molar-refractivity contribution < 1.29 is 31.4 Å². The maximum Gasteiger partial charge on any atom is 0.426 e. The summed E-state index contributed by atoms with van der Waals surface area (Å²) in [7, 11) is 0. The van der Waals surface area contributed by atoms with Crippen LogP contribution in [0.5, 0.6) is 0 Å². The third-order valence-electron chi connectivity index (χ3n) is 1.59. The average Bonchev–Trinajstić information content (AvgIpc) is 2.07. The topological polar surface area (TPSA) is 70.6 Å². The molecule has 4 nitrogen and oxygen atoms in total. The summed E-state index contributed by atoms with van der Waals surface area (Å²) in [5.74, 6) is 0. The largest absolute Gasteiger partial charge is 0.426 e. The summed E-state index contributed by atoms with van der Waals surface area (Å²) in [5.41, 5.74) is 1.71. The van der Waals surface area contributed by atoms with Gasteiger partial charge in [0.1, 0.15) is 0 Å². The zero-order chi connectivity index (χ0) is 13.9. The van der Waals surface area contributed by atoms with Crippen LogP contribution in [0.4, 0.5) is 26.3 Å². The molecule has 0 saturated carbocycles. The minimum Gasteiger partial charge on any atom is -0.375 e. The van der Waals surface area contributed by atoms with Gasteiger partial charge in [-0.25, -0.2) is 0 Å². The molecule has 0 atom stereocenters. The number of aliphatic hydroxyl groups is 1. The summed E-state index contributed by atoms with van der Waals surface area (Å²) in [6.07, 6.45) is -13.4. The van der Waals surface area contributed by atoms with E-state index in [1.165, 1.54) is 0 Å². The van der Waals surface area contributed by atoms with E-state index in [1.54, 1.807) is 5.43 Å². The summed E-state index contributed by atoms with van der Waals surface area (Å²) in [4.78, 5) is 0. The zero-order valence-corrected chi connectivity index (χ0v) is 8.75. The van der Waals surface area contributed by atoms with Crippen LogP contribution in [0, 0.1) is 0 Å². The van der Waals surface area contributed by atoms with Gasteiger partial charge < -0.3 is 10.8 Å². The third kappa shape index (κ3) is 4.00. The molecule has 0 heterocycles. The molecular formula is C6H7F6N3OS. The fraction of sp³-hybridized carbons (Fsp3) is 0.667. The molecule has 11 heteroatoms. The molecule has 0 bridgehead atoms. The first kappa shape index (κ1) is 15.9. The lowest BCUT2D eigenvalue weighted by atomic mass is 9.99. The number of hydrazone groups is 1. The van der Waals surface area contributed by atoms with Gasteiger partial charge in [0.2, 0.25) is 0 Å². The van der Waals surface area contributed by atoms with E-state index in [4.69, 9.17) is 10.8 Å². The highest BCUT2D eigenvalue weighted by atomic mass is 32.1. The number of nitrogens with two attached hydrogens (primary N) is 1. The SMILES string of the molecule is NC(=S)N/N=C/CC(O)(C(F)(F)F)C(F)(F)F. The lowest BCUT2D eigenvalue weighted by Gasteiger charge is -2.30. The maximum absolute atomic E-state index is 12.1. The van der Waals surface area contributed by atoms with E-state index in [1.807, 2.05) is 0 Å². The molecule has 0 aromatic heterocycles. The van der Waals surface area contributed by atoms with Gasteiger partial charge in [-0.3, -0.25) is 5.43 Å². The van der Waals surface area contributed by atoms with Gasteiger partial charge in [0.25, 0.3) is 5.60 Å². The Bertz CT molecular complexity index is 298. The Labute approximate surface area is 96.5 Å². The van der Waals surface area contributed by atoms with Crippen LogP contribution in [0.15, 0.2) is 5.10 Å². The molecule has 0 saturated heterocycles. The van der Waals surface area contributed by atoms with E-state index in [9.17, 15) is 26.3 Å². The molecule has 0 aliphatic carbocycles. The minimum absolute atomic E-state index is 0.181. The van der Waals surface area contributed by atoms with Crippen LogP contribution in [0.25, 0.3) is 0 Å². The van der Waals surface area contributed by atoms with Crippen molar-refractivity contribution in [2.45, 2.75) is 24.4 Å². The summed E-state index contributed by atoms with van der Waals surface area (Å²) < 4.78 is 72.5. The zero-order valence-electron chi connectivity index (χ0n) is 7.93. The molecule has 0 fully saturated rings. The Morgan fingerprint density at radius 1 is 1.24 bits per heavy atom. The van der Waals surface area contributed by atoms with Gasteiger partial charge in [0, 0.05) is 12.6 Å². The Kier molecular flexibility index (Phi) is 4.71. The van der Waals surface area contributed by atoms with E-state index < -0.39 is 29.5 Å². The van der Waals surface area contributed by atoms with Crippen LogP contribution in [0.1, 0.15) is 6.42 Å². The van der Waals surface area contributed by atoms with Gasteiger partial charge in [-0.2, -0.15) is 31.4 Å². The third-order valence-corrected chi connectivity index (χ3v) is 1.68. The average molecular weight is 283 g/mol. The first-order valence-corrected chi connectivity index (χ1v) is 4.25. The molecule has 17 heavy (non-hydrogen) atoms. The number of rotatable bonds is 3. The Morgan fingerprint density at radius 2 is 1.65 bits per heavy atom. The number of alkyl halides is 6.